The van der Waals surface area contributed by atoms with E-state index in [1.165, 1.54) is 38.5 Å². The van der Waals surface area contributed by atoms with Crippen LogP contribution in [0, 0.1) is 17.8 Å². The standard InChI is InChI=1S/C16H27NO3/c18-15(13-8-9-14(11-13)16(19)20)17-10-4-3-7-12-5-1-2-6-12/h12-14H,1-11H2,(H,17,18)(H,19,20)/t13-,14+/m0/s1. The molecule has 2 aliphatic rings. The van der Waals surface area contributed by atoms with Gasteiger partial charge in [0, 0.05) is 12.5 Å². The predicted octanol–water partition coefficient (Wildman–Crippen LogP) is 2.96. The molecule has 0 saturated heterocycles. The molecular formula is C16H27NO3. The first-order valence-corrected chi connectivity index (χ1v) is 8.17. The van der Waals surface area contributed by atoms with Crippen molar-refractivity contribution in [1.29, 1.82) is 0 Å². The SMILES string of the molecule is O=C(O)[C@@H]1CC[C@H](C(=O)NCCCCC2CCCC2)C1. The molecule has 2 rings (SSSR count). The third-order valence-electron chi connectivity index (χ3n) is 4.97. The lowest BCUT2D eigenvalue weighted by Gasteiger charge is -2.12. The molecule has 114 valence electrons. The summed E-state index contributed by atoms with van der Waals surface area (Å²) >= 11 is 0. The molecule has 2 N–H and O–H groups in total. The number of carbonyl (C=O) groups is 2. The molecule has 2 atom stereocenters. The summed E-state index contributed by atoms with van der Waals surface area (Å²) in [5.74, 6) is -0.151. The van der Waals surface area contributed by atoms with Gasteiger partial charge >= 0.3 is 5.97 Å². The van der Waals surface area contributed by atoms with Crippen molar-refractivity contribution in [3.63, 3.8) is 0 Å². The average molecular weight is 281 g/mol. The number of carbonyl (C=O) groups excluding carboxylic acids is 1. The molecule has 0 aliphatic heterocycles. The third kappa shape index (κ3) is 4.50. The highest BCUT2D eigenvalue weighted by molar-refractivity contribution is 5.80. The van der Waals surface area contributed by atoms with Gasteiger partial charge in [-0.2, -0.15) is 0 Å². The van der Waals surface area contributed by atoms with Crippen molar-refractivity contribution in [2.24, 2.45) is 17.8 Å². The number of rotatable bonds is 7. The van der Waals surface area contributed by atoms with Crippen LogP contribution < -0.4 is 5.32 Å². The van der Waals surface area contributed by atoms with Crippen molar-refractivity contribution in [3.8, 4) is 0 Å². The molecule has 0 bridgehead atoms. The van der Waals surface area contributed by atoms with Crippen LogP contribution in [-0.4, -0.2) is 23.5 Å². The zero-order valence-corrected chi connectivity index (χ0v) is 12.3. The minimum absolute atomic E-state index is 0.0645. The first-order chi connectivity index (χ1) is 9.66. The largest absolute Gasteiger partial charge is 0.481 e. The molecule has 0 unspecified atom stereocenters. The van der Waals surface area contributed by atoms with E-state index in [4.69, 9.17) is 5.11 Å². The van der Waals surface area contributed by atoms with E-state index in [-0.39, 0.29) is 17.7 Å². The topological polar surface area (TPSA) is 66.4 Å². The first-order valence-electron chi connectivity index (χ1n) is 8.17. The lowest BCUT2D eigenvalue weighted by molar-refractivity contribution is -0.141. The highest BCUT2D eigenvalue weighted by Gasteiger charge is 2.33. The maximum Gasteiger partial charge on any atom is 0.306 e. The van der Waals surface area contributed by atoms with Crippen molar-refractivity contribution >= 4 is 11.9 Å². The molecule has 0 aromatic rings. The third-order valence-corrected chi connectivity index (χ3v) is 4.97. The Hall–Kier alpha value is -1.06. The fourth-order valence-corrected chi connectivity index (χ4v) is 3.66. The van der Waals surface area contributed by atoms with Crippen LogP contribution in [0.15, 0.2) is 0 Å². The summed E-state index contributed by atoms with van der Waals surface area (Å²) in [6.45, 7) is 0.750. The lowest BCUT2D eigenvalue weighted by Crippen LogP contribution is -2.30. The summed E-state index contributed by atoms with van der Waals surface area (Å²) in [6.07, 6.45) is 11.0. The van der Waals surface area contributed by atoms with E-state index in [0.717, 1.165) is 25.3 Å². The maximum atomic E-state index is 11.9. The Labute approximate surface area is 121 Å². The van der Waals surface area contributed by atoms with E-state index in [2.05, 4.69) is 5.32 Å². The van der Waals surface area contributed by atoms with Crippen LogP contribution in [-0.2, 0) is 9.59 Å². The molecule has 20 heavy (non-hydrogen) atoms. The van der Waals surface area contributed by atoms with Crippen LogP contribution in [0.1, 0.15) is 64.2 Å². The Kier molecular flexibility index (Phi) is 5.86. The van der Waals surface area contributed by atoms with Crippen LogP contribution in [0.2, 0.25) is 0 Å². The second-order valence-corrected chi connectivity index (χ2v) is 6.48. The van der Waals surface area contributed by atoms with Crippen molar-refractivity contribution < 1.29 is 14.7 Å². The molecule has 0 heterocycles. The molecule has 1 amide bonds. The average Bonchev–Trinajstić information content (AvgIpc) is 3.09. The summed E-state index contributed by atoms with van der Waals surface area (Å²) in [4.78, 5) is 22.8. The molecule has 0 aromatic heterocycles. The molecule has 0 aromatic carbocycles. The van der Waals surface area contributed by atoms with Crippen molar-refractivity contribution in [1.82, 2.24) is 5.32 Å². The van der Waals surface area contributed by atoms with E-state index in [0.29, 0.717) is 12.8 Å². The molecule has 2 fully saturated rings. The summed E-state index contributed by atoms with van der Waals surface area (Å²) < 4.78 is 0. The monoisotopic (exact) mass is 281 g/mol. The lowest BCUT2D eigenvalue weighted by atomic mass is 10.0. The Morgan fingerprint density at radius 3 is 2.35 bits per heavy atom. The number of hydrogen-bond acceptors (Lipinski definition) is 2. The van der Waals surface area contributed by atoms with Crippen LogP contribution in [0.5, 0.6) is 0 Å². The van der Waals surface area contributed by atoms with E-state index in [9.17, 15) is 9.59 Å². The van der Waals surface area contributed by atoms with Gasteiger partial charge in [-0.05, 0) is 31.6 Å². The van der Waals surface area contributed by atoms with Crippen molar-refractivity contribution in [2.75, 3.05) is 6.54 Å². The first kappa shape index (κ1) is 15.3. The molecule has 2 saturated carbocycles. The van der Waals surface area contributed by atoms with Crippen LogP contribution in [0.3, 0.4) is 0 Å². The van der Waals surface area contributed by atoms with Gasteiger partial charge < -0.3 is 10.4 Å². The van der Waals surface area contributed by atoms with Crippen LogP contribution >= 0.6 is 0 Å². The van der Waals surface area contributed by atoms with Gasteiger partial charge in [-0.1, -0.05) is 38.5 Å². The normalized spacial score (nSPS) is 26.8. The van der Waals surface area contributed by atoms with Gasteiger partial charge in [-0.3, -0.25) is 9.59 Å². The van der Waals surface area contributed by atoms with Crippen molar-refractivity contribution in [2.45, 2.75) is 64.2 Å². The number of aliphatic carboxylic acids is 1. The Morgan fingerprint density at radius 2 is 1.70 bits per heavy atom. The summed E-state index contributed by atoms with van der Waals surface area (Å²) in [5.41, 5.74) is 0. The minimum atomic E-state index is -0.753. The van der Waals surface area contributed by atoms with E-state index >= 15 is 0 Å². The molecule has 2 aliphatic carbocycles. The van der Waals surface area contributed by atoms with Gasteiger partial charge in [0.1, 0.15) is 0 Å². The van der Waals surface area contributed by atoms with Gasteiger partial charge in [-0.25, -0.2) is 0 Å². The molecule has 4 heteroatoms. The Balaban J connectivity index is 1.53. The van der Waals surface area contributed by atoms with Gasteiger partial charge in [0.05, 0.1) is 5.92 Å². The quantitative estimate of drug-likeness (QED) is 0.705. The highest BCUT2D eigenvalue weighted by Crippen LogP contribution is 2.31. The second-order valence-electron chi connectivity index (χ2n) is 6.48. The minimum Gasteiger partial charge on any atom is -0.481 e. The van der Waals surface area contributed by atoms with Gasteiger partial charge in [-0.15, -0.1) is 0 Å². The predicted molar refractivity (Wildman–Crippen MR) is 77.3 cm³/mol. The van der Waals surface area contributed by atoms with Gasteiger partial charge in [0.15, 0.2) is 0 Å². The number of amides is 1. The Morgan fingerprint density at radius 1 is 1.00 bits per heavy atom. The smallest absolute Gasteiger partial charge is 0.306 e. The summed E-state index contributed by atoms with van der Waals surface area (Å²) in [6, 6.07) is 0. The van der Waals surface area contributed by atoms with Crippen molar-refractivity contribution in [3.05, 3.63) is 0 Å². The zero-order valence-electron chi connectivity index (χ0n) is 12.3. The second kappa shape index (κ2) is 7.65. The van der Waals surface area contributed by atoms with E-state index in [1.54, 1.807) is 0 Å². The molecule has 0 radical (unpaired) electrons. The van der Waals surface area contributed by atoms with E-state index < -0.39 is 5.97 Å². The van der Waals surface area contributed by atoms with Gasteiger partial charge in [0.2, 0.25) is 5.91 Å². The number of carboxylic acid groups (broad SMARTS) is 1. The molecular weight excluding hydrogens is 254 g/mol. The maximum absolute atomic E-state index is 11.9. The number of hydrogen-bond donors (Lipinski definition) is 2. The van der Waals surface area contributed by atoms with E-state index in [1.807, 2.05) is 0 Å². The van der Waals surface area contributed by atoms with Gasteiger partial charge in [0.25, 0.3) is 0 Å². The number of carboxylic acids is 1. The fourth-order valence-electron chi connectivity index (χ4n) is 3.66. The Bertz CT molecular complexity index is 337. The highest BCUT2D eigenvalue weighted by atomic mass is 16.4. The molecule has 4 nitrogen and oxygen atoms in total. The number of unbranched alkanes of at least 4 members (excludes halogenated alkanes) is 1. The summed E-state index contributed by atoms with van der Waals surface area (Å²) in [5, 5.41) is 11.9. The zero-order chi connectivity index (χ0) is 14.4. The van der Waals surface area contributed by atoms with Crippen LogP contribution in [0.4, 0.5) is 0 Å². The molecule has 0 spiro atoms. The number of nitrogens with one attached hydrogen (secondary N) is 1. The fraction of sp³-hybridized carbons (Fsp3) is 0.875. The summed E-state index contributed by atoms with van der Waals surface area (Å²) in [7, 11) is 0. The van der Waals surface area contributed by atoms with Crippen LogP contribution in [0.25, 0.3) is 0 Å².